The average molecular weight is 194 g/mol. The first-order chi connectivity index (χ1) is 6.57. The molecule has 0 amide bonds. The van der Waals surface area contributed by atoms with Gasteiger partial charge in [0.15, 0.2) is 0 Å². The Kier molecular flexibility index (Phi) is 2.91. The second-order valence-electron chi connectivity index (χ2n) is 6.68. The van der Waals surface area contributed by atoms with Crippen molar-refractivity contribution in [2.45, 2.75) is 65.7 Å². The van der Waals surface area contributed by atoms with Crippen LogP contribution in [0.2, 0.25) is 0 Å². The Balaban J connectivity index is 2.02. The van der Waals surface area contributed by atoms with Crippen LogP contribution < -0.4 is 0 Å². The lowest BCUT2D eigenvalue weighted by atomic mass is 9.74. The van der Waals surface area contributed by atoms with Gasteiger partial charge in [-0.2, -0.15) is 0 Å². The van der Waals surface area contributed by atoms with Gasteiger partial charge in [0.1, 0.15) is 0 Å². The summed E-state index contributed by atoms with van der Waals surface area (Å²) < 4.78 is 0. The Bertz CT molecular complexity index is 187. The van der Waals surface area contributed by atoms with Crippen LogP contribution in [0.5, 0.6) is 0 Å². The van der Waals surface area contributed by atoms with E-state index in [-0.39, 0.29) is 0 Å². The number of hydrogen-bond acceptors (Lipinski definition) is 0. The lowest BCUT2D eigenvalue weighted by Gasteiger charge is -2.31. The first kappa shape index (κ1) is 10.5. The first-order valence-corrected chi connectivity index (χ1v) is 6.57. The molecule has 2 aliphatic rings. The van der Waals surface area contributed by atoms with E-state index in [0.29, 0.717) is 5.41 Å². The van der Waals surface area contributed by atoms with E-state index in [9.17, 15) is 0 Å². The fourth-order valence-corrected chi connectivity index (χ4v) is 3.70. The second-order valence-corrected chi connectivity index (χ2v) is 6.68. The zero-order chi connectivity index (χ0) is 10.2. The summed E-state index contributed by atoms with van der Waals surface area (Å²) in [4.78, 5) is 0. The second kappa shape index (κ2) is 3.87. The zero-order valence-corrected chi connectivity index (χ0v) is 10.2. The lowest BCUT2D eigenvalue weighted by Crippen LogP contribution is -2.22. The van der Waals surface area contributed by atoms with Crippen molar-refractivity contribution < 1.29 is 0 Å². The van der Waals surface area contributed by atoms with E-state index in [2.05, 4.69) is 20.8 Å². The molecule has 0 heterocycles. The van der Waals surface area contributed by atoms with Gasteiger partial charge in [-0.3, -0.25) is 0 Å². The van der Waals surface area contributed by atoms with Crippen molar-refractivity contribution in [3.05, 3.63) is 0 Å². The van der Waals surface area contributed by atoms with E-state index in [4.69, 9.17) is 0 Å². The summed E-state index contributed by atoms with van der Waals surface area (Å²) >= 11 is 0. The Morgan fingerprint density at radius 2 is 1.36 bits per heavy atom. The summed E-state index contributed by atoms with van der Waals surface area (Å²) in [5.74, 6) is 3.21. The molecule has 0 aliphatic heterocycles. The third-order valence-corrected chi connectivity index (χ3v) is 4.76. The normalized spacial score (nSPS) is 39.2. The van der Waals surface area contributed by atoms with Gasteiger partial charge in [0.25, 0.3) is 0 Å². The standard InChI is InChI=1S/C14H26/c1-14(2,3)13-9-5-7-11-6-4-8-12(11)10-13/h11-13H,4-10H2,1-3H3. The SMILES string of the molecule is CC(C)(C)C1CCCC2CCCC2C1. The molecule has 3 unspecified atom stereocenters. The molecule has 0 N–H and O–H groups in total. The third-order valence-electron chi connectivity index (χ3n) is 4.76. The van der Waals surface area contributed by atoms with Crippen LogP contribution in [0.15, 0.2) is 0 Å². The van der Waals surface area contributed by atoms with Gasteiger partial charge in [0.2, 0.25) is 0 Å². The summed E-state index contributed by atoms with van der Waals surface area (Å²) in [6.45, 7) is 7.31. The van der Waals surface area contributed by atoms with Crippen molar-refractivity contribution in [1.29, 1.82) is 0 Å². The largest absolute Gasteiger partial charge is 0.0599 e. The number of hydrogen-bond donors (Lipinski definition) is 0. The van der Waals surface area contributed by atoms with Crippen LogP contribution in [0.1, 0.15) is 65.7 Å². The maximum absolute atomic E-state index is 2.44. The van der Waals surface area contributed by atoms with Gasteiger partial charge in [-0.15, -0.1) is 0 Å². The fourth-order valence-electron chi connectivity index (χ4n) is 3.70. The van der Waals surface area contributed by atoms with Crippen molar-refractivity contribution in [1.82, 2.24) is 0 Å². The van der Waals surface area contributed by atoms with Crippen molar-refractivity contribution in [2.24, 2.45) is 23.2 Å². The van der Waals surface area contributed by atoms with Crippen LogP contribution in [0.25, 0.3) is 0 Å². The molecule has 0 bridgehead atoms. The highest BCUT2D eigenvalue weighted by molar-refractivity contribution is 4.86. The van der Waals surface area contributed by atoms with E-state index in [1.807, 2.05) is 0 Å². The predicted octanol–water partition coefficient (Wildman–Crippen LogP) is 4.64. The molecule has 3 atom stereocenters. The molecule has 0 radical (unpaired) electrons. The highest BCUT2D eigenvalue weighted by atomic mass is 14.4. The van der Waals surface area contributed by atoms with Gasteiger partial charge in [-0.05, 0) is 36.0 Å². The Morgan fingerprint density at radius 3 is 2.00 bits per heavy atom. The summed E-state index contributed by atoms with van der Waals surface area (Å²) in [5.41, 5.74) is 0.553. The molecule has 2 saturated carbocycles. The average Bonchev–Trinajstić information content (AvgIpc) is 2.41. The van der Waals surface area contributed by atoms with Crippen LogP contribution in [0.4, 0.5) is 0 Å². The van der Waals surface area contributed by atoms with Crippen molar-refractivity contribution in [2.75, 3.05) is 0 Å². The summed E-state index contributed by atoms with van der Waals surface area (Å²) in [7, 11) is 0. The Labute approximate surface area is 89.5 Å². The molecule has 0 aromatic carbocycles. The monoisotopic (exact) mass is 194 g/mol. The first-order valence-electron chi connectivity index (χ1n) is 6.57. The topological polar surface area (TPSA) is 0 Å². The lowest BCUT2D eigenvalue weighted by molar-refractivity contribution is 0.188. The smallest absolute Gasteiger partial charge is 0.0354 e. The molecule has 0 aromatic heterocycles. The van der Waals surface area contributed by atoms with Crippen LogP contribution in [-0.4, -0.2) is 0 Å². The van der Waals surface area contributed by atoms with Crippen LogP contribution in [-0.2, 0) is 0 Å². The molecule has 2 fully saturated rings. The van der Waals surface area contributed by atoms with Crippen molar-refractivity contribution in [3.8, 4) is 0 Å². The molecule has 0 saturated heterocycles. The van der Waals surface area contributed by atoms with Crippen LogP contribution >= 0.6 is 0 Å². The van der Waals surface area contributed by atoms with E-state index in [0.717, 1.165) is 17.8 Å². The molecule has 0 nitrogen and oxygen atoms in total. The van der Waals surface area contributed by atoms with Gasteiger partial charge in [-0.1, -0.05) is 52.9 Å². The third kappa shape index (κ3) is 2.15. The van der Waals surface area contributed by atoms with E-state index in [1.54, 1.807) is 6.42 Å². The maximum Gasteiger partial charge on any atom is -0.0354 e. The van der Waals surface area contributed by atoms with Gasteiger partial charge in [0.05, 0.1) is 0 Å². The number of fused-ring (bicyclic) bond motifs is 1. The molecule has 2 aliphatic carbocycles. The van der Waals surface area contributed by atoms with Gasteiger partial charge in [-0.25, -0.2) is 0 Å². The molecule has 14 heavy (non-hydrogen) atoms. The fraction of sp³-hybridized carbons (Fsp3) is 1.00. The minimum absolute atomic E-state index is 0.553. The molecule has 0 heteroatoms. The molecule has 0 spiro atoms. The van der Waals surface area contributed by atoms with Gasteiger partial charge >= 0.3 is 0 Å². The number of rotatable bonds is 0. The maximum atomic E-state index is 2.44. The predicted molar refractivity (Wildman–Crippen MR) is 62.2 cm³/mol. The molecular weight excluding hydrogens is 168 g/mol. The highest BCUT2D eigenvalue weighted by Crippen LogP contribution is 2.46. The van der Waals surface area contributed by atoms with Crippen LogP contribution in [0.3, 0.4) is 0 Å². The summed E-state index contributed by atoms with van der Waals surface area (Å²) in [5, 5.41) is 0. The minimum Gasteiger partial charge on any atom is -0.0599 e. The Morgan fingerprint density at radius 1 is 0.786 bits per heavy atom. The van der Waals surface area contributed by atoms with E-state index >= 15 is 0 Å². The Hall–Kier alpha value is 0. The quantitative estimate of drug-likeness (QED) is 0.527. The molecular formula is C14H26. The van der Waals surface area contributed by atoms with E-state index in [1.165, 1.54) is 38.5 Å². The minimum atomic E-state index is 0.553. The molecule has 82 valence electrons. The van der Waals surface area contributed by atoms with Crippen molar-refractivity contribution in [3.63, 3.8) is 0 Å². The van der Waals surface area contributed by atoms with Crippen molar-refractivity contribution >= 4 is 0 Å². The van der Waals surface area contributed by atoms with Gasteiger partial charge in [0, 0.05) is 0 Å². The molecule has 2 rings (SSSR count). The van der Waals surface area contributed by atoms with E-state index < -0.39 is 0 Å². The van der Waals surface area contributed by atoms with Crippen LogP contribution in [0, 0.1) is 23.2 Å². The highest BCUT2D eigenvalue weighted by Gasteiger charge is 2.35. The molecule has 0 aromatic rings. The summed E-state index contributed by atoms with van der Waals surface area (Å²) in [6.07, 6.45) is 10.7. The summed E-state index contributed by atoms with van der Waals surface area (Å²) in [6, 6.07) is 0. The zero-order valence-electron chi connectivity index (χ0n) is 10.2. The van der Waals surface area contributed by atoms with Gasteiger partial charge < -0.3 is 0 Å².